The van der Waals surface area contributed by atoms with Gasteiger partial charge in [0.15, 0.2) is 0 Å². The van der Waals surface area contributed by atoms with Gasteiger partial charge in [-0.2, -0.15) is 0 Å². The first-order valence-electron chi connectivity index (χ1n) is 12.7. The average molecular weight is 494 g/mol. The lowest BCUT2D eigenvalue weighted by molar-refractivity contribution is -0.138. The largest absolute Gasteiger partial charge is 0.496 e. The highest BCUT2D eigenvalue weighted by molar-refractivity contribution is 5.77. The van der Waals surface area contributed by atoms with E-state index in [-0.39, 0.29) is 18.5 Å². The quantitative estimate of drug-likeness (QED) is 0.245. The van der Waals surface area contributed by atoms with Gasteiger partial charge in [-0.15, -0.1) is 0 Å². The van der Waals surface area contributed by atoms with E-state index >= 15 is 0 Å². The Hall–Kier alpha value is -3.89. The zero-order valence-corrected chi connectivity index (χ0v) is 22.0. The van der Waals surface area contributed by atoms with Crippen molar-refractivity contribution in [3.8, 4) is 16.9 Å². The summed E-state index contributed by atoms with van der Waals surface area (Å²) in [4.78, 5) is 14.5. The molecule has 0 aliphatic rings. The highest BCUT2D eigenvalue weighted by atomic mass is 16.5. The number of rotatable bonds is 10. The number of hydrogen-bond acceptors (Lipinski definition) is 3. The van der Waals surface area contributed by atoms with Crippen LogP contribution < -0.4 is 4.74 Å². The van der Waals surface area contributed by atoms with E-state index < -0.39 is 5.97 Å². The summed E-state index contributed by atoms with van der Waals surface area (Å²) >= 11 is 0. The number of ether oxygens (including phenoxy) is 1. The van der Waals surface area contributed by atoms with Crippen molar-refractivity contribution >= 4 is 5.97 Å². The minimum atomic E-state index is -0.826. The fourth-order valence-corrected chi connectivity index (χ4v) is 5.19. The summed E-state index contributed by atoms with van der Waals surface area (Å²) in [6.07, 6.45) is -0.0114. The number of hydrogen-bond donors (Lipinski definition) is 1. The predicted octanol–water partition coefficient (Wildman–Crippen LogP) is 7.76. The van der Waals surface area contributed by atoms with Crippen molar-refractivity contribution < 1.29 is 14.6 Å². The monoisotopic (exact) mass is 493 g/mol. The summed E-state index contributed by atoms with van der Waals surface area (Å²) in [7, 11) is 1.68. The van der Waals surface area contributed by atoms with Crippen molar-refractivity contribution in [1.82, 2.24) is 4.90 Å². The topological polar surface area (TPSA) is 49.8 Å². The Labute approximate surface area is 220 Å². The Bertz CT molecular complexity index is 1310. The molecule has 0 saturated heterocycles. The number of aryl methyl sites for hydroxylation is 2. The van der Waals surface area contributed by atoms with Crippen molar-refractivity contribution in [3.63, 3.8) is 0 Å². The second kappa shape index (κ2) is 11.9. The van der Waals surface area contributed by atoms with Crippen LogP contribution in [-0.2, 0) is 11.3 Å². The van der Waals surface area contributed by atoms with Crippen molar-refractivity contribution in [2.45, 2.75) is 45.8 Å². The van der Waals surface area contributed by atoms with Gasteiger partial charge in [-0.1, -0.05) is 84.9 Å². The van der Waals surface area contributed by atoms with Gasteiger partial charge in [-0.3, -0.25) is 9.69 Å². The summed E-state index contributed by atoms with van der Waals surface area (Å²) in [5.41, 5.74) is 7.67. The highest BCUT2D eigenvalue weighted by Crippen LogP contribution is 2.40. The molecule has 4 rings (SSSR count). The second-order valence-corrected chi connectivity index (χ2v) is 9.58. The molecule has 37 heavy (non-hydrogen) atoms. The van der Waals surface area contributed by atoms with Crippen molar-refractivity contribution in [3.05, 3.63) is 125 Å². The van der Waals surface area contributed by atoms with Gasteiger partial charge in [0, 0.05) is 24.2 Å². The molecule has 190 valence electrons. The second-order valence-electron chi connectivity index (χ2n) is 9.58. The molecule has 0 aliphatic heterocycles. The average Bonchev–Trinajstić information content (AvgIpc) is 2.91. The van der Waals surface area contributed by atoms with E-state index in [0.29, 0.717) is 6.54 Å². The Morgan fingerprint density at radius 2 is 1.46 bits per heavy atom. The van der Waals surface area contributed by atoms with Crippen molar-refractivity contribution in [2.75, 3.05) is 7.11 Å². The van der Waals surface area contributed by atoms with Crippen LogP contribution in [0.5, 0.6) is 5.75 Å². The lowest BCUT2D eigenvalue weighted by Crippen LogP contribution is -2.32. The van der Waals surface area contributed by atoms with Gasteiger partial charge in [0.05, 0.1) is 13.5 Å². The molecular weight excluding hydrogens is 458 g/mol. The number of methoxy groups -OCH3 is 1. The normalized spacial score (nSPS) is 12.8. The van der Waals surface area contributed by atoms with Crippen LogP contribution >= 0.6 is 0 Å². The summed E-state index contributed by atoms with van der Waals surface area (Å²) in [6.45, 7) is 6.98. The molecule has 4 nitrogen and oxygen atoms in total. The molecule has 0 saturated carbocycles. The Balaban J connectivity index is 1.87. The van der Waals surface area contributed by atoms with Crippen LogP contribution in [0, 0.1) is 13.8 Å². The molecule has 0 fully saturated rings. The third-order valence-corrected chi connectivity index (χ3v) is 7.11. The number of carbonyl (C=O) groups is 1. The highest BCUT2D eigenvalue weighted by Gasteiger charge is 2.29. The van der Waals surface area contributed by atoms with Crippen LogP contribution in [0.1, 0.15) is 53.2 Å². The molecule has 4 aromatic carbocycles. The van der Waals surface area contributed by atoms with Crippen LogP contribution in [0.2, 0.25) is 0 Å². The minimum Gasteiger partial charge on any atom is -0.496 e. The van der Waals surface area contributed by atoms with Gasteiger partial charge < -0.3 is 9.84 Å². The fourth-order valence-electron chi connectivity index (χ4n) is 5.19. The van der Waals surface area contributed by atoms with Gasteiger partial charge >= 0.3 is 5.97 Å². The molecule has 1 N–H and O–H groups in total. The summed E-state index contributed by atoms with van der Waals surface area (Å²) in [6, 6.07) is 32.6. The van der Waals surface area contributed by atoms with Crippen LogP contribution in [0.15, 0.2) is 97.1 Å². The van der Waals surface area contributed by atoms with Crippen LogP contribution in [0.25, 0.3) is 11.1 Å². The summed E-state index contributed by atoms with van der Waals surface area (Å²) < 4.78 is 5.77. The molecule has 0 bridgehead atoms. The predicted molar refractivity (Wildman–Crippen MR) is 150 cm³/mol. The number of nitrogens with zero attached hydrogens (tertiary/aromatic N) is 1. The van der Waals surface area contributed by atoms with Gasteiger partial charge in [-0.25, -0.2) is 0 Å². The zero-order valence-electron chi connectivity index (χ0n) is 22.0. The van der Waals surface area contributed by atoms with E-state index in [1.807, 2.05) is 48.5 Å². The zero-order chi connectivity index (χ0) is 26.4. The third kappa shape index (κ3) is 6.10. The van der Waals surface area contributed by atoms with Gasteiger partial charge in [0.25, 0.3) is 0 Å². The summed E-state index contributed by atoms with van der Waals surface area (Å²) in [5.74, 6) is -0.0475. The minimum absolute atomic E-state index is 0.00324. The fraction of sp³-hybridized carbons (Fsp3) is 0.242. The molecule has 4 heteroatoms. The number of aliphatic carboxylic acids is 1. The van der Waals surface area contributed by atoms with E-state index in [1.165, 1.54) is 0 Å². The first-order chi connectivity index (χ1) is 17.9. The standard InChI is InChI=1S/C33H35NO3/c1-23-12-11-13-24(2)33(23)29-20-28(18-19-31(29)37-4)30(21-32(35)36)34(22-26-14-7-5-8-15-26)25(3)27-16-9-6-10-17-27/h5-20,25,30H,21-22H2,1-4H3,(H,35,36)/t25-,30?/m1/s1. The molecule has 0 aromatic heterocycles. The van der Waals surface area contributed by atoms with Crippen molar-refractivity contribution in [2.24, 2.45) is 0 Å². The first kappa shape index (κ1) is 26.2. The van der Waals surface area contributed by atoms with E-state index in [2.05, 4.69) is 74.2 Å². The van der Waals surface area contributed by atoms with Crippen LogP contribution in [0.3, 0.4) is 0 Å². The first-order valence-corrected chi connectivity index (χ1v) is 12.7. The maximum atomic E-state index is 12.2. The lowest BCUT2D eigenvalue weighted by atomic mass is 9.90. The van der Waals surface area contributed by atoms with Crippen LogP contribution in [0.4, 0.5) is 0 Å². The Morgan fingerprint density at radius 1 is 0.838 bits per heavy atom. The van der Waals surface area contributed by atoms with Crippen LogP contribution in [-0.4, -0.2) is 23.1 Å². The third-order valence-electron chi connectivity index (χ3n) is 7.11. The van der Waals surface area contributed by atoms with E-state index in [9.17, 15) is 9.90 Å². The molecule has 1 unspecified atom stereocenters. The smallest absolute Gasteiger partial charge is 0.305 e. The SMILES string of the molecule is COc1ccc(C(CC(=O)O)N(Cc2ccccc2)[C@H](C)c2ccccc2)cc1-c1c(C)cccc1C. The molecule has 0 heterocycles. The Kier molecular flexibility index (Phi) is 8.42. The molecule has 4 aromatic rings. The van der Waals surface area contributed by atoms with Crippen molar-refractivity contribution in [1.29, 1.82) is 0 Å². The molecule has 2 atom stereocenters. The van der Waals surface area contributed by atoms with E-state index in [1.54, 1.807) is 7.11 Å². The Morgan fingerprint density at radius 3 is 2.05 bits per heavy atom. The molecular formula is C33H35NO3. The van der Waals surface area contributed by atoms with Gasteiger partial charge in [-0.05, 0) is 66.3 Å². The van der Waals surface area contributed by atoms with Gasteiger partial charge in [0.2, 0.25) is 0 Å². The van der Waals surface area contributed by atoms with E-state index in [0.717, 1.165) is 44.7 Å². The number of carboxylic acids is 1. The number of carboxylic acid groups (broad SMARTS) is 1. The maximum Gasteiger partial charge on any atom is 0.305 e. The number of benzene rings is 4. The molecule has 0 amide bonds. The maximum absolute atomic E-state index is 12.2. The molecule has 0 aliphatic carbocycles. The van der Waals surface area contributed by atoms with E-state index in [4.69, 9.17) is 4.74 Å². The molecule has 0 spiro atoms. The summed E-state index contributed by atoms with van der Waals surface area (Å²) in [5, 5.41) is 10.0. The molecule has 0 radical (unpaired) electrons. The van der Waals surface area contributed by atoms with Gasteiger partial charge in [0.1, 0.15) is 5.75 Å². The lowest BCUT2D eigenvalue weighted by Gasteiger charge is -2.37.